The molecule has 0 radical (unpaired) electrons. The van der Waals surface area contributed by atoms with Crippen LogP contribution >= 0.6 is 23.5 Å². The minimum Gasteiger partial charge on any atom is -0.543 e. The molecule has 2 amide bonds. The molecule has 1 fully saturated rings. The number of hydrogen-bond donors (Lipinski definition) is 2. The number of carbonyl (C=O) groups is 3. The maximum absolute atomic E-state index is 11.9. The molecule has 8 nitrogen and oxygen atoms in total. The smallest absolute Gasteiger partial charge is 0.543 e. The van der Waals surface area contributed by atoms with Gasteiger partial charge in [-0.3, -0.25) is 9.69 Å². The first-order valence-electron chi connectivity index (χ1n) is 6.08. The molecule has 3 N–H and O–H groups in total. The summed E-state index contributed by atoms with van der Waals surface area (Å²) >= 11 is 2.42. The number of nitrogens with two attached hydrogens (primary N) is 1. The molecule has 2 heterocycles. The molecule has 116 valence electrons. The SMILES string of the molecule is NC(=O)OCCSC1=C(C(=O)[O-])N2C(=O)[C@H](CCO)[C@H]2S1.[Na+]. The fourth-order valence-electron chi connectivity index (χ4n) is 2.13. The van der Waals surface area contributed by atoms with E-state index in [1.54, 1.807) is 0 Å². The number of carboxylic acid groups (broad SMARTS) is 1. The molecule has 1 saturated heterocycles. The van der Waals surface area contributed by atoms with Gasteiger partial charge in [0.1, 0.15) is 6.61 Å². The average molecular weight is 356 g/mol. The zero-order chi connectivity index (χ0) is 15.6. The second-order valence-corrected chi connectivity index (χ2v) is 6.77. The van der Waals surface area contributed by atoms with Gasteiger partial charge in [-0.15, -0.1) is 11.8 Å². The zero-order valence-corrected chi connectivity index (χ0v) is 15.4. The first-order chi connectivity index (χ1) is 9.97. The van der Waals surface area contributed by atoms with Gasteiger partial charge in [0, 0.05) is 12.4 Å². The molecule has 0 unspecified atom stereocenters. The summed E-state index contributed by atoms with van der Waals surface area (Å²) in [5, 5.41) is 19.8. The molecule has 0 aliphatic carbocycles. The Morgan fingerprint density at radius 3 is 2.73 bits per heavy atom. The molecule has 2 aliphatic heterocycles. The quantitative estimate of drug-likeness (QED) is 0.266. The molecule has 22 heavy (non-hydrogen) atoms. The van der Waals surface area contributed by atoms with Crippen molar-refractivity contribution in [1.29, 1.82) is 0 Å². The Kier molecular flexibility index (Phi) is 7.56. The molecule has 0 bridgehead atoms. The topological polar surface area (TPSA) is 133 Å². The number of thioether (sulfide) groups is 2. The van der Waals surface area contributed by atoms with Gasteiger partial charge in [-0.05, 0) is 6.42 Å². The van der Waals surface area contributed by atoms with E-state index in [9.17, 15) is 19.5 Å². The van der Waals surface area contributed by atoms with Crippen LogP contribution in [0, 0.1) is 5.92 Å². The van der Waals surface area contributed by atoms with E-state index in [1.807, 2.05) is 0 Å². The summed E-state index contributed by atoms with van der Waals surface area (Å²) < 4.78 is 5.00. The number of amides is 2. The number of nitrogens with zero attached hydrogens (tertiary/aromatic N) is 1. The Bertz CT molecular complexity index is 515. The van der Waals surface area contributed by atoms with Crippen LogP contribution in [0.25, 0.3) is 0 Å². The van der Waals surface area contributed by atoms with Gasteiger partial charge in [-0.25, -0.2) is 4.79 Å². The Balaban J connectivity index is 0.00000242. The number of fused-ring (bicyclic) bond motifs is 1. The normalized spacial score (nSPS) is 22.8. The summed E-state index contributed by atoms with van der Waals surface area (Å²) in [7, 11) is 0. The van der Waals surface area contributed by atoms with Crippen molar-refractivity contribution < 1.29 is 58.9 Å². The molecule has 0 aromatic heterocycles. The first-order valence-corrected chi connectivity index (χ1v) is 7.95. The van der Waals surface area contributed by atoms with Crippen LogP contribution in [0.2, 0.25) is 0 Å². The van der Waals surface area contributed by atoms with E-state index in [1.165, 1.54) is 16.7 Å². The predicted molar refractivity (Wildman–Crippen MR) is 73.4 cm³/mol. The molecule has 2 aliphatic rings. The Hall–Kier alpha value is -0.390. The standard InChI is InChI=1S/C11H14N2O6S2.Na/c12-11(18)19-3-4-20-10-6(9(16)17)13-7(15)5(1-2-14)8(13)21-10;/h5,8,14H,1-4H2,(H2,12,18)(H,16,17);/q;+1/p-1/t5-,8+;/m0./s1. The number of aliphatic carboxylic acids is 1. The van der Waals surface area contributed by atoms with Crippen molar-refractivity contribution in [1.82, 2.24) is 4.90 Å². The van der Waals surface area contributed by atoms with Crippen molar-refractivity contribution in [3.8, 4) is 0 Å². The van der Waals surface area contributed by atoms with Crippen LogP contribution in [0.4, 0.5) is 4.79 Å². The third kappa shape index (κ3) is 3.92. The summed E-state index contributed by atoms with van der Waals surface area (Å²) in [6, 6.07) is 0. The van der Waals surface area contributed by atoms with Gasteiger partial charge in [-0.1, -0.05) is 11.8 Å². The minimum absolute atomic E-state index is 0. The number of aliphatic hydroxyl groups is 1. The van der Waals surface area contributed by atoms with Crippen LogP contribution in [-0.4, -0.2) is 52.3 Å². The fraction of sp³-hybridized carbons (Fsp3) is 0.545. The summed E-state index contributed by atoms with van der Waals surface area (Å²) in [5.41, 5.74) is 4.67. The Labute approximate surface area is 157 Å². The van der Waals surface area contributed by atoms with Gasteiger partial charge >= 0.3 is 35.7 Å². The third-order valence-electron chi connectivity index (χ3n) is 3.01. The van der Waals surface area contributed by atoms with Crippen molar-refractivity contribution in [3.05, 3.63) is 9.93 Å². The third-order valence-corrected chi connectivity index (χ3v) is 5.67. The zero-order valence-electron chi connectivity index (χ0n) is 11.8. The first kappa shape index (κ1) is 19.7. The minimum atomic E-state index is -1.42. The van der Waals surface area contributed by atoms with Gasteiger partial charge in [0.15, 0.2) is 0 Å². The Morgan fingerprint density at radius 2 is 2.18 bits per heavy atom. The van der Waals surface area contributed by atoms with E-state index < -0.39 is 12.1 Å². The average Bonchev–Trinajstić information content (AvgIpc) is 2.76. The number of aliphatic hydroxyl groups excluding tert-OH is 1. The van der Waals surface area contributed by atoms with Gasteiger partial charge < -0.3 is 25.5 Å². The van der Waals surface area contributed by atoms with Crippen molar-refractivity contribution in [2.45, 2.75) is 11.8 Å². The van der Waals surface area contributed by atoms with Crippen LogP contribution in [0.3, 0.4) is 0 Å². The van der Waals surface area contributed by atoms with Gasteiger partial charge in [-0.2, -0.15) is 0 Å². The van der Waals surface area contributed by atoms with E-state index in [-0.39, 0.29) is 65.7 Å². The summed E-state index contributed by atoms with van der Waals surface area (Å²) in [4.78, 5) is 34.7. The molecular weight excluding hydrogens is 343 g/mol. The summed E-state index contributed by atoms with van der Waals surface area (Å²) in [6.45, 7) is -0.0834. The van der Waals surface area contributed by atoms with E-state index in [2.05, 4.69) is 4.74 Å². The van der Waals surface area contributed by atoms with E-state index >= 15 is 0 Å². The number of carbonyl (C=O) groups excluding carboxylic acids is 3. The van der Waals surface area contributed by atoms with Crippen molar-refractivity contribution in [2.24, 2.45) is 11.7 Å². The number of hydrogen-bond acceptors (Lipinski definition) is 8. The number of primary amides is 1. The molecule has 0 spiro atoms. The van der Waals surface area contributed by atoms with E-state index in [4.69, 9.17) is 10.8 Å². The maximum atomic E-state index is 11.9. The van der Waals surface area contributed by atoms with Crippen LogP contribution in [0.1, 0.15) is 6.42 Å². The van der Waals surface area contributed by atoms with Gasteiger partial charge in [0.05, 0.1) is 27.2 Å². The second-order valence-electron chi connectivity index (χ2n) is 4.27. The molecule has 0 aromatic rings. The monoisotopic (exact) mass is 356 g/mol. The maximum Gasteiger partial charge on any atom is 1.00 e. The molecular formula is C11H13N2NaO6S2. The number of β-lactam (4-membered cyclic amide) rings is 1. The number of ether oxygens (including phenoxy) is 1. The summed E-state index contributed by atoms with van der Waals surface area (Å²) in [5.74, 6) is -1.79. The Morgan fingerprint density at radius 1 is 1.50 bits per heavy atom. The van der Waals surface area contributed by atoms with Crippen LogP contribution < -0.4 is 40.4 Å². The van der Waals surface area contributed by atoms with Crippen LogP contribution in [-0.2, 0) is 14.3 Å². The number of rotatable bonds is 7. The van der Waals surface area contributed by atoms with Crippen LogP contribution in [0.15, 0.2) is 9.93 Å². The predicted octanol–water partition coefficient (Wildman–Crippen LogP) is -4.35. The summed E-state index contributed by atoms with van der Waals surface area (Å²) in [6.07, 6.45) is -0.596. The molecule has 0 aromatic carbocycles. The van der Waals surface area contributed by atoms with Gasteiger partial charge in [0.2, 0.25) is 5.91 Å². The molecule has 2 atom stereocenters. The van der Waals surface area contributed by atoms with E-state index in [0.29, 0.717) is 16.4 Å². The van der Waals surface area contributed by atoms with Crippen molar-refractivity contribution >= 4 is 41.5 Å². The number of carboxylic acids is 1. The second kappa shape index (κ2) is 8.46. The molecule has 2 rings (SSSR count). The van der Waals surface area contributed by atoms with Gasteiger partial charge in [0.25, 0.3) is 0 Å². The molecule has 0 saturated carbocycles. The fourth-order valence-corrected chi connectivity index (χ4v) is 4.86. The van der Waals surface area contributed by atoms with E-state index in [0.717, 1.165) is 11.8 Å². The van der Waals surface area contributed by atoms with Crippen molar-refractivity contribution in [2.75, 3.05) is 19.0 Å². The van der Waals surface area contributed by atoms with Crippen molar-refractivity contribution in [3.63, 3.8) is 0 Å². The largest absolute Gasteiger partial charge is 1.00 e. The molecule has 11 heteroatoms. The van der Waals surface area contributed by atoms with Crippen LogP contribution in [0.5, 0.6) is 0 Å².